The molecule has 0 unspecified atom stereocenters. The van der Waals surface area contributed by atoms with Crippen LogP contribution >= 0.6 is 0 Å². The fraction of sp³-hybridized carbons (Fsp3) is 0.375. The van der Waals surface area contributed by atoms with E-state index in [0.717, 1.165) is 31.8 Å². The molecule has 1 aromatic heterocycles. The SMILES string of the molecule is CCCn1nc(C(=O)N2CCN(CCOc3ccccc3)CC2)c2ccccc2c1=O. The number of hydrogen-bond acceptors (Lipinski definition) is 5. The molecular formula is C24H28N4O3. The van der Waals surface area contributed by atoms with Crippen LogP contribution in [-0.4, -0.2) is 64.8 Å². The third-order valence-corrected chi connectivity index (χ3v) is 5.58. The smallest absolute Gasteiger partial charge is 0.275 e. The molecule has 0 bridgehead atoms. The topological polar surface area (TPSA) is 67.7 Å². The van der Waals surface area contributed by atoms with Gasteiger partial charge in [-0.3, -0.25) is 14.5 Å². The summed E-state index contributed by atoms with van der Waals surface area (Å²) in [6, 6.07) is 17.0. The molecule has 4 rings (SSSR count). The number of aromatic nitrogens is 2. The number of rotatable bonds is 7. The van der Waals surface area contributed by atoms with Crippen molar-refractivity contribution in [2.75, 3.05) is 39.3 Å². The van der Waals surface area contributed by atoms with E-state index in [1.807, 2.05) is 60.4 Å². The predicted molar refractivity (Wildman–Crippen MR) is 121 cm³/mol. The number of nitrogens with zero attached hydrogens (tertiary/aromatic N) is 4. The number of fused-ring (bicyclic) bond motifs is 1. The summed E-state index contributed by atoms with van der Waals surface area (Å²) >= 11 is 0. The molecule has 1 amide bonds. The Bertz CT molecular complexity index is 1090. The summed E-state index contributed by atoms with van der Waals surface area (Å²) in [5.41, 5.74) is 0.224. The maximum atomic E-state index is 13.3. The number of para-hydroxylation sites is 1. The molecule has 1 fully saturated rings. The van der Waals surface area contributed by atoms with Crippen LogP contribution in [0.1, 0.15) is 23.8 Å². The molecule has 31 heavy (non-hydrogen) atoms. The number of aryl methyl sites for hydroxylation is 1. The molecule has 7 nitrogen and oxygen atoms in total. The fourth-order valence-electron chi connectivity index (χ4n) is 3.89. The molecule has 162 valence electrons. The van der Waals surface area contributed by atoms with E-state index in [-0.39, 0.29) is 11.5 Å². The summed E-state index contributed by atoms with van der Waals surface area (Å²) < 4.78 is 7.21. The third-order valence-electron chi connectivity index (χ3n) is 5.58. The van der Waals surface area contributed by atoms with Gasteiger partial charge in [-0.1, -0.05) is 43.3 Å². The first-order chi connectivity index (χ1) is 15.2. The largest absolute Gasteiger partial charge is 0.492 e. The van der Waals surface area contributed by atoms with Gasteiger partial charge < -0.3 is 9.64 Å². The van der Waals surface area contributed by atoms with Crippen LogP contribution in [0.4, 0.5) is 0 Å². The first-order valence-electron chi connectivity index (χ1n) is 10.9. The maximum Gasteiger partial charge on any atom is 0.275 e. The van der Waals surface area contributed by atoms with E-state index in [1.54, 1.807) is 6.07 Å². The molecule has 0 atom stereocenters. The normalized spacial score (nSPS) is 14.7. The molecule has 0 spiro atoms. The summed E-state index contributed by atoms with van der Waals surface area (Å²) in [5.74, 6) is 0.762. The van der Waals surface area contributed by atoms with Crippen LogP contribution in [0.3, 0.4) is 0 Å². The third kappa shape index (κ3) is 4.77. The summed E-state index contributed by atoms with van der Waals surface area (Å²) in [4.78, 5) is 30.1. The highest BCUT2D eigenvalue weighted by molar-refractivity contribution is 6.04. The monoisotopic (exact) mass is 420 g/mol. The van der Waals surface area contributed by atoms with Crippen LogP contribution in [0.2, 0.25) is 0 Å². The summed E-state index contributed by atoms with van der Waals surface area (Å²) in [6.45, 7) is 6.77. The second-order valence-corrected chi connectivity index (χ2v) is 7.72. The molecule has 0 aliphatic carbocycles. The van der Waals surface area contributed by atoms with E-state index in [2.05, 4.69) is 10.00 Å². The maximum absolute atomic E-state index is 13.3. The number of carbonyl (C=O) groups is 1. The molecule has 1 aliphatic rings. The van der Waals surface area contributed by atoms with Crippen LogP contribution in [0.25, 0.3) is 10.8 Å². The standard InChI is InChI=1S/C24H28N4O3/c1-2-12-28-23(29)21-11-7-6-10-20(21)22(25-28)24(30)27-15-13-26(14-16-27)17-18-31-19-8-4-3-5-9-19/h3-11H,2,12-18H2,1H3. The Morgan fingerprint density at radius 2 is 1.61 bits per heavy atom. The number of hydrogen-bond donors (Lipinski definition) is 0. The van der Waals surface area contributed by atoms with Crippen LogP contribution in [0, 0.1) is 0 Å². The Labute approximate surface area is 181 Å². The number of piperazine rings is 1. The number of ether oxygens (including phenoxy) is 1. The second kappa shape index (κ2) is 9.75. The summed E-state index contributed by atoms with van der Waals surface area (Å²) in [5, 5.41) is 5.62. The molecule has 0 saturated carbocycles. The number of benzene rings is 2. The van der Waals surface area contributed by atoms with Gasteiger partial charge in [-0.15, -0.1) is 0 Å². The van der Waals surface area contributed by atoms with E-state index >= 15 is 0 Å². The Balaban J connectivity index is 1.41. The molecule has 3 aromatic rings. The van der Waals surface area contributed by atoms with Gasteiger partial charge in [-0.05, 0) is 24.6 Å². The molecule has 7 heteroatoms. The number of amides is 1. The van der Waals surface area contributed by atoms with E-state index in [1.165, 1.54) is 4.68 Å². The minimum Gasteiger partial charge on any atom is -0.492 e. The van der Waals surface area contributed by atoms with E-state index in [0.29, 0.717) is 42.7 Å². The number of carbonyl (C=O) groups excluding carboxylic acids is 1. The van der Waals surface area contributed by atoms with Gasteiger partial charge >= 0.3 is 0 Å². The lowest BCUT2D eigenvalue weighted by Crippen LogP contribution is -2.50. The van der Waals surface area contributed by atoms with E-state index < -0.39 is 0 Å². The van der Waals surface area contributed by atoms with Crippen molar-refractivity contribution in [1.29, 1.82) is 0 Å². The molecule has 0 N–H and O–H groups in total. The zero-order valence-corrected chi connectivity index (χ0v) is 17.9. The van der Waals surface area contributed by atoms with Crippen molar-refractivity contribution in [1.82, 2.24) is 19.6 Å². The van der Waals surface area contributed by atoms with Gasteiger partial charge in [-0.25, -0.2) is 4.68 Å². The van der Waals surface area contributed by atoms with Crippen molar-refractivity contribution in [2.24, 2.45) is 0 Å². The van der Waals surface area contributed by atoms with Crippen molar-refractivity contribution in [3.8, 4) is 5.75 Å². The second-order valence-electron chi connectivity index (χ2n) is 7.72. The zero-order chi connectivity index (χ0) is 21.6. The summed E-state index contributed by atoms with van der Waals surface area (Å²) in [7, 11) is 0. The van der Waals surface area contributed by atoms with E-state index in [4.69, 9.17) is 4.74 Å². The van der Waals surface area contributed by atoms with Crippen molar-refractivity contribution < 1.29 is 9.53 Å². The highest BCUT2D eigenvalue weighted by Crippen LogP contribution is 2.17. The fourth-order valence-corrected chi connectivity index (χ4v) is 3.89. The Hall–Kier alpha value is -3.19. The van der Waals surface area contributed by atoms with Gasteiger partial charge in [0.2, 0.25) is 0 Å². The highest BCUT2D eigenvalue weighted by atomic mass is 16.5. The lowest BCUT2D eigenvalue weighted by atomic mass is 10.1. The van der Waals surface area contributed by atoms with Crippen LogP contribution < -0.4 is 10.3 Å². The van der Waals surface area contributed by atoms with Gasteiger partial charge in [0.15, 0.2) is 5.69 Å². The molecule has 1 aliphatic heterocycles. The zero-order valence-electron chi connectivity index (χ0n) is 17.9. The van der Waals surface area contributed by atoms with Gasteiger partial charge in [0.25, 0.3) is 11.5 Å². The van der Waals surface area contributed by atoms with Crippen molar-refractivity contribution in [3.05, 3.63) is 70.6 Å². The molecule has 2 aromatic carbocycles. The van der Waals surface area contributed by atoms with Crippen molar-refractivity contribution in [2.45, 2.75) is 19.9 Å². The van der Waals surface area contributed by atoms with Crippen LogP contribution in [0.5, 0.6) is 5.75 Å². The summed E-state index contributed by atoms with van der Waals surface area (Å²) in [6.07, 6.45) is 0.780. The van der Waals surface area contributed by atoms with Crippen LogP contribution in [-0.2, 0) is 6.54 Å². The minimum atomic E-state index is -0.141. The van der Waals surface area contributed by atoms with Gasteiger partial charge in [0, 0.05) is 44.7 Å². The molecule has 1 saturated heterocycles. The van der Waals surface area contributed by atoms with Gasteiger partial charge in [0.05, 0.1) is 5.39 Å². The first kappa shape index (κ1) is 21.1. The Morgan fingerprint density at radius 1 is 0.935 bits per heavy atom. The predicted octanol–water partition coefficient (Wildman–Crippen LogP) is 2.64. The van der Waals surface area contributed by atoms with Crippen LogP contribution in [0.15, 0.2) is 59.4 Å². The molecule has 2 heterocycles. The average molecular weight is 421 g/mol. The van der Waals surface area contributed by atoms with E-state index in [9.17, 15) is 9.59 Å². The van der Waals surface area contributed by atoms with Crippen molar-refractivity contribution in [3.63, 3.8) is 0 Å². The Morgan fingerprint density at radius 3 is 2.32 bits per heavy atom. The van der Waals surface area contributed by atoms with Crippen molar-refractivity contribution >= 4 is 16.7 Å². The molecular weight excluding hydrogens is 392 g/mol. The minimum absolute atomic E-state index is 0.110. The Kier molecular flexibility index (Phi) is 6.62. The van der Waals surface area contributed by atoms with Gasteiger partial charge in [-0.2, -0.15) is 5.10 Å². The average Bonchev–Trinajstić information content (AvgIpc) is 2.82. The highest BCUT2D eigenvalue weighted by Gasteiger charge is 2.25. The van der Waals surface area contributed by atoms with Gasteiger partial charge in [0.1, 0.15) is 12.4 Å². The quantitative estimate of drug-likeness (QED) is 0.588. The lowest BCUT2D eigenvalue weighted by Gasteiger charge is -2.34. The molecule has 0 radical (unpaired) electrons. The lowest BCUT2D eigenvalue weighted by molar-refractivity contribution is 0.0614. The first-order valence-corrected chi connectivity index (χ1v) is 10.9.